The maximum Gasteiger partial charge on any atom is 0.269 e. The maximum atomic E-state index is 16.3. The summed E-state index contributed by atoms with van der Waals surface area (Å²) in [5.74, 6) is -0.463. The number of ether oxygens (including phenoxy) is 3. The molecular formula is C30H25FN4O5. The number of carbonyl (C=O) groups excluding carboxylic acids is 2. The quantitative estimate of drug-likeness (QED) is 0.273. The summed E-state index contributed by atoms with van der Waals surface area (Å²) in [5, 5.41) is 1.31. The van der Waals surface area contributed by atoms with Gasteiger partial charge in [0.15, 0.2) is 11.5 Å². The Hall–Kier alpha value is -4.96. The number of pyridine rings is 1. The zero-order chi connectivity index (χ0) is 28.0. The second kappa shape index (κ2) is 9.97. The van der Waals surface area contributed by atoms with E-state index < -0.39 is 11.7 Å². The highest BCUT2D eigenvalue weighted by molar-refractivity contribution is 6.19. The van der Waals surface area contributed by atoms with Gasteiger partial charge in [-0.2, -0.15) is 0 Å². The molecule has 0 atom stereocenters. The molecule has 0 aliphatic carbocycles. The third-order valence-electron chi connectivity index (χ3n) is 7.07. The summed E-state index contributed by atoms with van der Waals surface area (Å²) < 4.78 is 32.3. The molecule has 9 nitrogen and oxygen atoms in total. The number of primary amides is 1. The van der Waals surface area contributed by atoms with Gasteiger partial charge in [0.1, 0.15) is 18.1 Å². The number of anilines is 1. The smallest absolute Gasteiger partial charge is 0.269 e. The zero-order valence-electron chi connectivity index (χ0n) is 21.8. The van der Waals surface area contributed by atoms with Gasteiger partial charge in [0.05, 0.1) is 37.0 Å². The van der Waals surface area contributed by atoms with Gasteiger partial charge in [-0.25, -0.2) is 9.37 Å². The van der Waals surface area contributed by atoms with E-state index in [1.807, 2.05) is 12.1 Å². The largest absolute Gasteiger partial charge is 0.497 e. The van der Waals surface area contributed by atoms with Crippen LogP contribution in [0.3, 0.4) is 0 Å². The maximum absolute atomic E-state index is 16.3. The number of amides is 2. The van der Waals surface area contributed by atoms with Gasteiger partial charge in [0.25, 0.3) is 11.8 Å². The van der Waals surface area contributed by atoms with Gasteiger partial charge >= 0.3 is 0 Å². The number of hydrogen-bond acceptors (Lipinski definition) is 6. The summed E-state index contributed by atoms with van der Waals surface area (Å²) in [7, 11) is 3.12. The first-order valence-electron chi connectivity index (χ1n) is 12.5. The van der Waals surface area contributed by atoms with Crippen molar-refractivity contribution in [2.75, 3.05) is 32.3 Å². The van der Waals surface area contributed by atoms with Crippen LogP contribution in [0.2, 0.25) is 0 Å². The number of carbonyl (C=O) groups is 2. The lowest BCUT2D eigenvalue weighted by molar-refractivity contribution is 0.0988. The molecule has 0 bridgehead atoms. The Labute approximate surface area is 228 Å². The first-order valence-corrected chi connectivity index (χ1v) is 12.5. The molecule has 5 aromatic rings. The molecule has 3 aromatic carbocycles. The first-order chi connectivity index (χ1) is 19.4. The van der Waals surface area contributed by atoms with E-state index >= 15 is 4.39 Å². The van der Waals surface area contributed by atoms with Crippen molar-refractivity contribution in [2.45, 2.75) is 6.54 Å². The normalized spacial score (nSPS) is 12.8. The second-order valence-corrected chi connectivity index (χ2v) is 9.36. The molecule has 202 valence electrons. The molecule has 0 radical (unpaired) electrons. The Kier molecular flexibility index (Phi) is 6.31. The minimum Gasteiger partial charge on any atom is -0.497 e. The van der Waals surface area contributed by atoms with E-state index in [0.29, 0.717) is 52.3 Å². The number of methoxy groups -OCH3 is 2. The minimum absolute atomic E-state index is 0.0347. The number of fused-ring (bicyclic) bond motifs is 4. The topological polar surface area (TPSA) is 120 Å². The fraction of sp³-hybridized carbons (Fsp3) is 0.167. The van der Waals surface area contributed by atoms with Crippen LogP contribution in [0.15, 0.2) is 60.8 Å². The Bertz CT molecular complexity index is 1820. The number of H-pyrrole nitrogens is 1. The van der Waals surface area contributed by atoms with Crippen molar-refractivity contribution < 1.29 is 28.2 Å². The van der Waals surface area contributed by atoms with Crippen molar-refractivity contribution in [2.24, 2.45) is 5.73 Å². The van der Waals surface area contributed by atoms with Crippen molar-refractivity contribution in [3.8, 4) is 22.6 Å². The number of aromatic amines is 1. The van der Waals surface area contributed by atoms with Crippen LogP contribution >= 0.6 is 0 Å². The summed E-state index contributed by atoms with van der Waals surface area (Å²) in [6.45, 7) is 1.02. The first kappa shape index (κ1) is 25.3. The van der Waals surface area contributed by atoms with Gasteiger partial charge in [-0.1, -0.05) is 18.2 Å². The van der Waals surface area contributed by atoms with E-state index in [1.54, 1.807) is 49.6 Å². The molecule has 2 aromatic heterocycles. The highest BCUT2D eigenvalue weighted by Crippen LogP contribution is 2.40. The van der Waals surface area contributed by atoms with Crippen LogP contribution in [0, 0.1) is 5.82 Å². The summed E-state index contributed by atoms with van der Waals surface area (Å²) in [6, 6.07) is 15.5. The van der Waals surface area contributed by atoms with Crippen molar-refractivity contribution in [3.63, 3.8) is 0 Å². The molecule has 0 spiro atoms. The fourth-order valence-electron chi connectivity index (χ4n) is 5.15. The Balaban J connectivity index is 1.48. The molecule has 1 aliphatic rings. The minimum atomic E-state index is -0.718. The van der Waals surface area contributed by atoms with E-state index in [9.17, 15) is 9.59 Å². The average Bonchev–Trinajstić information content (AvgIpc) is 3.50. The number of halogens is 1. The van der Waals surface area contributed by atoms with Gasteiger partial charge in [0.2, 0.25) is 0 Å². The highest BCUT2D eigenvalue weighted by Gasteiger charge is 2.32. The van der Waals surface area contributed by atoms with Gasteiger partial charge in [-0.15, -0.1) is 0 Å². The van der Waals surface area contributed by atoms with Gasteiger partial charge in [0, 0.05) is 46.8 Å². The van der Waals surface area contributed by atoms with E-state index in [2.05, 4.69) is 9.97 Å². The standard InChI is InChI=1S/C30H25FN4O5/c1-38-10-11-40-18-8-9-20-23(13-18)34-27-25(20)22(14-33-28(27)29(32)36)19-4-3-5-24(26(19)31)35-15-16-6-7-17(39-2)12-21(16)30(35)37/h3-9,12-14,34H,10-11,15H2,1-2H3,(H2,32,36). The SMILES string of the molecule is COCCOc1ccc2c(c1)[nH]c1c(C(N)=O)ncc(-c3cccc(N4Cc5ccc(OC)cc5C4=O)c3F)c12. The highest BCUT2D eigenvalue weighted by atomic mass is 19.1. The van der Waals surface area contributed by atoms with Crippen LogP contribution in [0.5, 0.6) is 11.5 Å². The van der Waals surface area contributed by atoms with Crippen LogP contribution in [-0.2, 0) is 11.3 Å². The number of nitrogens with one attached hydrogen (secondary N) is 1. The van der Waals surface area contributed by atoms with Crippen molar-refractivity contribution in [3.05, 3.63) is 83.4 Å². The van der Waals surface area contributed by atoms with Gasteiger partial charge in [-0.05, 0) is 35.9 Å². The van der Waals surface area contributed by atoms with Crippen LogP contribution in [0.1, 0.15) is 26.4 Å². The zero-order valence-corrected chi connectivity index (χ0v) is 21.8. The summed E-state index contributed by atoms with van der Waals surface area (Å²) >= 11 is 0. The molecule has 0 saturated heterocycles. The molecule has 2 amide bonds. The molecule has 0 unspecified atom stereocenters. The molecule has 0 saturated carbocycles. The van der Waals surface area contributed by atoms with E-state index in [-0.39, 0.29) is 29.4 Å². The molecule has 0 fully saturated rings. The third kappa shape index (κ3) is 4.09. The van der Waals surface area contributed by atoms with Crippen LogP contribution in [0.25, 0.3) is 32.9 Å². The Morgan fingerprint density at radius 2 is 1.88 bits per heavy atom. The van der Waals surface area contributed by atoms with Crippen LogP contribution < -0.4 is 20.1 Å². The number of rotatable bonds is 8. The average molecular weight is 541 g/mol. The molecule has 10 heteroatoms. The monoisotopic (exact) mass is 540 g/mol. The van der Waals surface area contributed by atoms with Gasteiger partial charge < -0.3 is 29.8 Å². The summed E-state index contributed by atoms with van der Waals surface area (Å²) in [5.41, 5.74) is 8.78. The van der Waals surface area contributed by atoms with Crippen LogP contribution in [-0.4, -0.2) is 49.2 Å². The predicted octanol–water partition coefficient (Wildman–Crippen LogP) is 4.82. The number of nitrogens with zero attached hydrogens (tertiary/aromatic N) is 2. The lowest BCUT2D eigenvalue weighted by atomic mass is 9.99. The summed E-state index contributed by atoms with van der Waals surface area (Å²) in [6.07, 6.45) is 1.44. The lowest BCUT2D eigenvalue weighted by Crippen LogP contribution is -2.24. The van der Waals surface area contributed by atoms with E-state index in [0.717, 1.165) is 10.9 Å². The molecule has 3 N–H and O–H groups in total. The molecule has 6 rings (SSSR count). The number of benzene rings is 3. The molecule has 1 aliphatic heterocycles. The molecule has 40 heavy (non-hydrogen) atoms. The van der Waals surface area contributed by atoms with Gasteiger partial charge in [-0.3, -0.25) is 9.59 Å². The summed E-state index contributed by atoms with van der Waals surface area (Å²) in [4.78, 5) is 34.4. The van der Waals surface area contributed by atoms with E-state index in [1.165, 1.54) is 18.2 Å². The van der Waals surface area contributed by atoms with Crippen LogP contribution in [0.4, 0.5) is 10.1 Å². The Morgan fingerprint density at radius 1 is 1.05 bits per heavy atom. The van der Waals surface area contributed by atoms with Crippen molar-refractivity contribution in [1.82, 2.24) is 9.97 Å². The predicted molar refractivity (Wildman–Crippen MR) is 148 cm³/mol. The Morgan fingerprint density at radius 3 is 2.65 bits per heavy atom. The van der Waals surface area contributed by atoms with Crippen molar-refractivity contribution in [1.29, 1.82) is 0 Å². The molecule has 3 heterocycles. The number of aromatic nitrogens is 2. The fourth-order valence-corrected chi connectivity index (χ4v) is 5.15. The molecular weight excluding hydrogens is 515 g/mol. The van der Waals surface area contributed by atoms with Crippen molar-refractivity contribution >= 4 is 39.3 Å². The number of hydrogen-bond donors (Lipinski definition) is 2. The third-order valence-corrected chi connectivity index (χ3v) is 7.07. The number of nitrogens with two attached hydrogens (primary N) is 1. The lowest BCUT2D eigenvalue weighted by Gasteiger charge is -2.18. The van der Waals surface area contributed by atoms with E-state index in [4.69, 9.17) is 19.9 Å². The second-order valence-electron chi connectivity index (χ2n) is 9.36.